The number of hydrogen-bond acceptors (Lipinski definition) is 1. The van der Waals surface area contributed by atoms with Crippen LogP contribution in [0.2, 0.25) is 0 Å². The van der Waals surface area contributed by atoms with Crippen LogP contribution >= 0.6 is 0 Å². The normalized spacial score (nSPS) is 11.3. The summed E-state index contributed by atoms with van der Waals surface area (Å²) in [5.74, 6) is -0.356. The van der Waals surface area contributed by atoms with E-state index in [2.05, 4.69) is 4.98 Å². The Balaban J connectivity index is 2.74. The van der Waals surface area contributed by atoms with Gasteiger partial charge in [-0.1, -0.05) is 12.1 Å². The van der Waals surface area contributed by atoms with Crippen LogP contribution in [0.3, 0.4) is 0 Å². The van der Waals surface area contributed by atoms with E-state index in [1.54, 1.807) is 24.3 Å². The lowest BCUT2D eigenvalue weighted by molar-refractivity contribution is 0.143. The molecule has 0 saturated heterocycles. The van der Waals surface area contributed by atoms with Gasteiger partial charge in [0, 0.05) is 10.9 Å². The first-order valence-electron chi connectivity index (χ1n) is 3.78. The molecule has 1 aromatic carbocycles. The highest BCUT2D eigenvalue weighted by Crippen LogP contribution is 2.34. The predicted octanol–water partition coefficient (Wildman–Crippen LogP) is 2.81. The van der Waals surface area contributed by atoms with Crippen molar-refractivity contribution in [3.63, 3.8) is 0 Å². The van der Waals surface area contributed by atoms with Crippen molar-refractivity contribution in [3.8, 4) is 5.75 Å². The third-order valence-corrected chi connectivity index (χ3v) is 1.92. The second-order valence-corrected chi connectivity index (χ2v) is 2.73. The topological polar surface area (TPSA) is 36.0 Å². The zero-order chi connectivity index (χ0) is 9.42. The third kappa shape index (κ3) is 1.14. The lowest BCUT2D eigenvalue weighted by Gasteiger charge is -1.94. The third-order valence-electron chi connectivity index (χ3n) is 1.92. The van der Waals surface area contributed by atoms with E-state index in [1.807, 2.05) is 0 Å². The van der Waals surface area contributed by atoms with Gasteiger partial charge in [-0.05, 0) is 12.1 Å². The molecule has 1 aromatic heterocycles. The van der Waals surface area contributed by atoms with Gasteiger partial charge in [-0.3, -0.25) is 0 Å². The number of aromatic hydroxyl groups is 1. The molecule has 13 heavy (non-hydrogen) atoms. The molecule has 2 nitrogen and oxygen atoms in total. The first-order chi connectivity index (χ1) is 6.20. The molecule has 0 unspecified atom stereocenters. The van der Waals surface area contributed by atoms with Crippen LogP contribution in [0.5, 0.6) is 5.75 Å². The van der Waals surface area contributed by atoms with Crippen LogP contribution < -0.4 is 0 Å². The number of H-pyrrole nitrogens is 1. The van der Waals surface area contributed by atoms with Crippen molar-refractivity contribution in [3.05, 3.63) is 30.0 Å². The summed E-state index contributed by atoms with van der Waals surface area (Å²) < 4.78 is 24.5. The second-order valence-electron chi connectivity index (χ2n) is 2.73. The smallest absolute Gasteiger partial charge is 0.281 e. The predicted molar refractivity (Wildman–Crippen MR) is 44.9 cm³/mol. The van der Waals surface area contributed by atoms with E-state index in [0.29, 0.717) is 10.9 Å². The van der Waals surface area contributed by atoms with E-state index in [-0.39, 0.29) is 5.75 Å². The summed E-state index contributed by atoms with van der Waals surface area (Å²) in [5.41, 5.74) is 0.108. The Morgan fingerprint density at radius 3 is 2.54 bits per heavy atom. The van der Waals surface area contributed by atoms with Gasteiger partial charge in [-0.15, -0.1) is 0 Å². The average molecular weight is 183 g/mol. The number of fused-ring (bicyclic) bond motifs is 1. The summed E-state index contributed by atoms with van der Waals surface area (Å²) >= 11 is 0. The monoisotopic (exact) mass is 183 g/mol. The fourth-order valence-corrected chi connectivity index (χ4v) is 1.31. The van der Waals surface area contributed by atoms with Crippen LogP contribution in [0.4, 0.5) is 8.78 Å². The summed E-state index contributed by atoms with van der Waals surface area (Å²) in [6.07, 6.45) is -2.67. The number of alkyl halides is 2. The Morgan fingerprint density at radius 1 is 1.23 bits per heavy atom. The molecule has 0 saturated carbocycles. The number of halogens is 2. The number of aromatic nitrogens is 1. The molecule has 0 radical (unpaired) electrons. The van der Waals surface area contributed by atoms with Crippen LogP contribution in [0.1, 0.15) is 12.1 Å². The summed E-state index contributed by atoms with van der Waals surface area (Å²) in [6.45, 7) is 0. The molecule has 2 N–H and O–H groups in total. The molecule has 1 heterocycles. The van der Waals surface area contributed by atoms with Crippen molar-refractivity contribution >= 4 is 10.9 Å². The van der Waals surface area contributed by atoms with Gasteiger partial charge < -0.3 is 10.1 Å². The Morgan fingerprint density at radius 2 is 1.92 bits per heavy atom. The first kappa shape index (κ1) is 8.04. The molecular weight excluding hydrogens is 176 g/mol. The van der Waals surface area contributed by atoms with Gasteiger partial charge in [0.25, 0.3) is 6.43 Å². The molecule has 0 aliphatic rings. The Labute approximate surface area is 72.8 Å². The van der Waals surface area contributed by atoms with Crippen molar-refractivity contribution in [1.29, 1.82) is 0 Å². The molecule has 2 aromatic rings. The molecule has 0 bridgehead atoms. The van der Waals surface area contributed by atoms with Gasteiger partial charge in [0.05, 0.1) is 0 Å². The SMILES string of the molecule is Oc1c(C(F)F)[nH]c2ccccc12. The van der Waals surface area contributed by atoms with Gasteiger partial charge in [-0.25, -0.2) is 8.78 Å². The lowest BCUT2D eigenvalue weighted by atomic mass is 10.2. The fraction of sp³-hybridized carbons (Fsp3) is 0.111. The molecule has 0 atom stereocenters. The highest BCUT2D eigenvalue weighted by atomic mass is 19.3. The van der Waals surface area contributed by atoms with Crippen LogP contribution in [0, 0.1) is 0 Å². The number of benzene rings is 1. The standard InChI is InChI=1S/C9H7F2NO/c10-9(11)7-8(13)5-3-1-2-4-6(5)12-7/h1-4,9,12-13H. The summed E-state index contributed by atoms with van der Waals surface area (Å²) in [4.78, 5) is 2.46. The zero-order valence-electron chi connectivity index (χ0n) is 6.59. The Bertz CT molecular complexity index is 436. The van der Waals surface area contributed by atoms with Gasteiger partial charge in [0.2, 0.25) is 0 Å². The van der Waals surface area contributed by atoms with E-state index < -0.39 is 12.1 Å². The molecule has 0 aliphatic carbocycles. The number of para-hydroxylation sites is 1. The quantitative estimate of drug-likeness (QED) is 0.700. The Kier molecular flexibility index (Phi) is 1.69. The average Bonchev–Trinajstić information content (AvgIpc) is 2.45. The maximum atomic E-state index is 12.3. The van der Waals surface area contributed by atoms with Crippen molar-refractivity contribution in [1.82, 2.24) is 4.98 Å². The molecule has 68 valence electrons. The van der Waals surface area contributed by atoms with Crippen molar-refractivity contribution in [2.24, 2.45) is 0 Å². The minimum absolute atomic E-state index is 0.356. The van der Waals surface area contributed by atoms with Gasteiger partial charge in [-0.2, -0.15) is 0 Å². The van der Waals surface area contributed by atoms with E-state index in [4.69, 9.17) is 0 Å². The highest BCUT2D eigenvalue weighted by molar-refractivity contribution is 5.87. The van der Waals surface area contributed by atoms with Crippen LogP contribution in [-0.2, 0) is 0 Å². The molecule has 0 spiro atoms. The van der Waals surface area contributed by atoms with Crippen molar-refractivity contribution < 1.29 is 13.9 Å². The molecule has 0 aliphatic heterocycles. The minimum atomic E-state index is -2.67. The van der Waals surface area contributed by atoms with Gasteiger partial charge in [0.15, 0.2) is 0 Å². The summed E-state index contributed by atoms with van der Waals surface area (Å²) in [5, 5.41) is 9.78. The lowest BCUT2D eigenvalue weighted by Crippen LogP contribution is -1.82. The highest BCUT2D eigenvalue weighted by Gasteiger charge is 2.17. The number of aromatic amines is 1. The molecule has 0 amide bonds. The summed E-state index contributed by atoms with van der Waals surface area (Å²) in [6, 6.07) is 6.63. The molecule has 2 rings (SSSR count). The van der Waals surface area contributed by atoms with Crippen LogP contribution in [0.15, 0.2) is 24.3 Å². The fourth-order valence-electron chi connectivity index (χ4n) is 1.31. The van der Waals surface area contributed by atoms with Crippen LogP contribution in [-0.4, -0.2) is 10.1 Å². The first-order valence-corrected chi connectivity index (χ1v) is 3.78. The largest absolute Gasteiger partial charge is 0.505 e. The van der Waals surface area contributed by atoms with Gasteiger partial charge in [0.1, 0.15) is 11.4 Å². The van der Waals surface area contributed by atoms with Gasteiger partial charge >= 0.3 is 0 Å². The van der Waals surface area contributed by atoms with E-state index in [9.17, 15) is 13.9 Å². The molecule has 4 heteroatoms. The zero-order valence-corrected chi connectivity index (χ0v) is 6.59. The van der Waals surface area contributed by atoms with E-state index >= 15 is 0 Å². The minimum Gasteiger partial charge on any atom is -0.505 e. The number of hydrogen-bond donors (Lipinski definition) is 2. The van der Waals surface area contributed by atoms with E-state index in [0.717, 1.165) is 0 Å². The van der Waals surface area contributed by atoms with Crippen molar-refractivity contribution in [2.75, 3.05) is 0 Å². The summed E-state index contributed by atoms with van der Waals surface area (Å²) in [7, 11) is 0. The number of rotatable bonds is 1. The van der Waals surface area contributed by atoms with E-state index in [1.165, 1.54) is 0 Å². The second kappa shape index (κ2) is 2.73. The molecule has 0 fully saturated rings. The Hall–Kier alpha value is -1.58. The maximum absolute atomic E-state index is 12.3. The van der Waals surface area contributed by atoms with Crippen molar-refractivity contribution in [2.45, 2.75) is 6.43 Å². The maximum Gasteiger partial charge on any atom is 0.281 e. The molecular formula is C9H7F2NO. The number of nitrogens with one attached hydrogen (secondary N) is 1. The van der Waals surface area contributed by atoms with Crippen LogP contribution in [0.25, 0.3) is 10.9 Å².